The van der Waals surface area contributed by atoms with Gasteiger partial charge in [-0.2, -0.15) is 0 Å². The van der Waals surface area contributed by atoms with Crippen molar-refractivity contribution in [2.75, 3.05) is 0 Å². The Morgan fingerprint density at radius 3 is 2.47 bits per heavy atom. The minimum Gasteiger partial charge on any atom is -0.395 e. The van der Waals surface area contributed by atoms with E-state index in [0.717, 1.165) is 17.5 Å². The topological polar surface area (TPSA) is 18.5 Å². The van der Waals surface area contributed by atoms with E-state index in [0.29, 0.717) is 6.42 Å². The van der Waals surface area contributed by atoms with Crippen LogP contribution in [0.15, 0.2) is 12.1 Å². The number of aryl methyl sites for hydroxylation is 1. The number of hydrogen-bond donors (Lipinski definition) is 0. The second-order valence-electron chi connectivity index (χ2n) is 3.41. The van der Waals surface area contributed by atoms with Crippen LogP contribution in [0.5, 0.6) is 11.5 Å². The molecule has 0 amide bonds. The molecule has 4 heteroatoms. The fourth-order valence-electron chi connectivity index (χ4n) is 1.83. The molecule has 2 rings (SSSR count). The van der Waals surface area contributed by atoms with Crippen LogP contribution < -0.4 is 9.47 Å². The third kappa shape index (κ3) is 1.64. The van der Waals surface area contributed by atoms with Gasteiger partial charge < -0.3 is 9.47 Å². The molecule has 0 atom stereocenters. The van der Waals surface area contributed by atoms with Crippen LogP contribution in [0.1, 0.15) is 25.0 Å². The Morgan fingerprint density at radius 1 is 1.13 bits per heavy atom. The molecule has 2 nitrogen and oxygen atoms in total. The molecule has 0 radical (unpaired) electrons. The lowest BCUT2D eigenvalue weighted by molar-refractivity contribution is -0.286. The molecular formula is C11H12F2O2. The van der Waals surface area contributed by atoms with Crippen molar-refractivity contribution in [3.05, 3.63) is 23.3 Å². The van der Waals surface area contributed by atoms with E-state index in [9.17, 15) is 8.78 Å². The molecule has 1 aliphatic heterocycles. The van der Waals surface area contributed by atoms with Crippen LogP contribution in [-0.2, 0) is 12.8 Å². The van der Waals surface area contributed by atoms with E-state index in [1.54, 1.807) is 0 Å². The molecule has 1 aromatic carbocycles. The smallest absolute Gasteiger partial charge is 0.395 e. The van der Waals surface area contributed by atoms with Crippen molar-refractivity contribution in [2.24, 2.45) is 0 Å². The summed E-state index contributed by atoms with van der Waals surface area (Å²) in [5.74, 6) is 0.330. The Bertz CT molecular complexity index is 388. The SMILES string of the molecule is CCc1ccc2c(c1CC)OC(F)(F)O2. The first-order valence-electron chi connectivity index (χ1n) is 4.98. The Labute approximate surface area is 86.8 Å². The number of ether oxygens (including phenoxy) is 2. The first kappa shape index (κ1) is 10.2. The number of hydrogen-bond acceptors (Lipinski definition) is 2. The highest BCUT2D eigenvalue weighted by Crippen LogP contribution is 2.44. The fourth-order valence-corrected chi connectivity index (χ4v) is 1.83. The lowest BCUT2D eigenvalue weighted by Crippen LogP contribution is -2.26. The van der Waals surface area contributed by atoms with Crippen LogP contribution in [0.2, 0.25) is 0 Å². The molecule has 1 aliphatic rings. The van der Waals surface area contributed by atoms with Gasteiger partial charge in [0.15, 0.2) is 11.5 Å². The molecule has 0 saturated carbocycles. The molecule has 1 heterocycles. The zero-order chi connectivity index (χ0) is 11.1. The van der Waals surface area contributed by atoms with Crippen molar-refractivity contribution in [3.63, 3.8) is 0 Å². The summed E-state index contributed by atoms with van der Waals surface area (Å²) in [5, 5.41) is 0. The van der Waals surface area contributed by atoms with Crippen LogP contribution in [-0.4, -0.2) is 6.29 Å². The van der Waals surface area contributed by atoms with Crippen LogP contribution in [0.4, 0.5) is 8.78 Å². The van der Waals surface area contributed by atoms with Gasteiger partial charge in [0.1, 0.15) is 0 Å². The maximum atomic E-state index is 12.8. The number of halogens is 2. The van der Waals surface area contributed by atoms with E-state index in [-0.39, 0.29) is 11.5 Å². The average Bonchev–Trinajstić information content (AvgIpc) is 2.50. The normalized spacial score (nSPS) is 16.8. The number of alkyl halides is 2. The molecule has 0 spiro atoms. The Hall–Kier alpha value is -1.32. The van der Waals surface area contributed by atoms with Crippen molar-refractivity contribution in [1.82, 2.24) is 0 Å². The highest BCUT2D eigenvalue weighted by molar-refractivity contribution is 5.52. The van der Waals surface area contributed by atoms with Gasteiger partial charge in [-0.05, 0) is 24.5 Å². The van der Waals surface area contributed by atoms with Gasteiger partial charge in [0.25, 0.3) is 0 Å². The van der Waals surface area contributed by atoms with Gasteiger partial charge in [-0.3, -0.25) is 0 Å². The Morgan fingerprint density at radius 2 is 1.87 bits per heavy atom. The number of rotatable bonds is 2. The first-order chi connectivity index (χ1) is 7.07. The predicted octanol–water partition coefficient (Wildman–Crippen LogP) is 3.13. The van der Waals surface area contributed by atoms with E-state index in [2.05, 4.69) is 9.47 Å². The lowest BCUT2D eigenvalue weighted by atomic mass is 10.0. The van der Waals surface area contributed by atoms with Gasteiger partial charge in [-0.15, -0.1) is 8.78 Å². The third-order valence-electron chi connectivity index (χ3n) is 2.51. The zero-order valence-electron chi connectivity index (χ0n) is 8.64. The van der Waals surface area contributed by atoms with Gasteiger partial charge in [-0.25, -0.2) is 0 Å². The van der Waals surface area contributed by atoms with Crippen molar-refractivity contribution in [2.45, 2.75) is 33.0 Å². The molecule has 0 saturated heterocycles. The summed E-state index contributed by atoms with van der Waals surface area (Å²) in [4.78, 5) is 0. The van der Waals surface area contributed by atoms with Crippen LogP contribution >= 0.6 is 0 Å². The summed E-state index contributed by atoms with van der Waals surface area (Å²) in [6.07, 6.45) is -2.06. The summed E-state index contributed by atoms with van der Waals surface area (Å²) in [6.45, 7) is 3.89. The predicted molar refractivity (Wildman–Crippen MR) is 51.4 cm³/mol. The monoisotopic (exact) mass is 214 g/mol. The standard InChI is InChI=1S/C11H12F2O2/c1-3-7-5-6-9-10(8(7)4-2)15-11(12,13)14-9/h5-6H,3-4H2,1-2H3. The first-order valence-corrected chi connectivity index (χ1v) is 4.98. The molecule has 1 aromatic rings. The number of fused-ring (bicyclic) bond motifs is 1. The zero-order valence-corrected chi connectivity index (χ0v) is 8.64. The quantitative estimate of drug-likeness (QED) is 0.753. The molecular weight excluding hydrogens is 202 g/mol. The summed E-state index contributed by atoms with van der Waals surface area (Å²) < 4.78 is 34.6. The molecule has 0 aromatic heterocycles. The maximum absolute atomic E-state index is 12.8. The summed E-state index contributed by atoms with van der Waals surface area (Å²) in [6, 6.07) is 3.34. The van der Waals surface area contributed by atoms with E-state index < -0.39 is 6.29 Å². The fraction of sp³-hybridized carbons (Fsp3) is 0.455. The Balaban J connectivity index is 2.50. The minimum atomic E-state index is -3.52. The average molecular weight is 214 g/mol. The van der Waals surface area contributed by atoms with Crippen LogP contribution in [0.3, 0.4) is 0 Å². The molecule has 0 aliphatic carbocycles. The minimum absolute atomic E-state index is 0.133. The van der Waals surface area contributed by atoms with Crippen molar-refractivity contribution in [3.8, 4) is 11.5 Å². The van der Waals surface area contributed by atoms with Crippen molar-refractivity contribution >= 4 is 0 Å². The molecule has 0 bridgehead atoms. The largest absolute Gasteiger partial charge is 0.586 e. The van der Waals surface area contributed by atoms with Crippen molar-refractivity contribution < 1.29 is 18.3 Å². The van der Waals surface area contributed by atoms with E-state index >= 15 is 0 Å². The molecule has 82 valence electrons. The van der Waals surface area contributed by atoms with Crippen LogP contribution in [0, 0.1) is 0 Å². The second-order valence-corrected chi connectivity index (χ2v) is 3.41. The molecule has 0 fully saturated rings. The summed E-state index contributed by atoms with van der Waals surface area (Å²) in [5.41, 5.74) is 1.84. The Kier molecular flexibility index (Phi) is 2.29. The highest BCUT2D eigenvalue weighted by Gasteiger charge is 2.44. The van der Waals surface area contributed by atoms with Gasteiger partial charge in [0, 0.05) is 5.56 Å². The lowest BCUT2D eigenvalue weighted by Gasteiger charge is -2.08. The summed E-state index contributed by atoms with van der Waals surface area (Å²) >= 11 is 0. The van der Waals surface area contributed by atoms with Gasteiger partial charge >= 0.3 is 6.29 Å². The van der Waals surface area contributed by atoms with E-state index in [4.69, 9.17) is 0 Å². The van der Waals surface area contributed by atoms with Gasteiger partial charge in [0.05, 0.1) is 0 Å². The van der Waals surface area contributed by atoms with Gasteiger partial charge in [-0.1, -0.05) is 19.9 Å². The molecule has 0 unspecified atom stereocenters. The van der Waals surface area contributed by atoms with E-state index in [1.807, 2.05) is 19.9 Å². The number of benzene rings is 1. The molecule has 0 N–H and O–H groups in total. The molecule has 15 heavy (non-hydrogen) atoms. The van der Waals surface area contributed by atoms with Crippen LogP contribution in [0.25, 0.3) is 0 Å². The summed E-state index contributed by atoms with van der Waals surface area (Å²) in [7, 11) is 0. The van der Waals surface area contributed by atoms with Crippen molar-refractivity contribution in [1.29, 1.82) is 0 Å². The highest BCUT2D eigenvalue weighted by atomic mass is 19.3. The maximum Gasteiger partial charge on any atom is 0.586 e. The second kappa shape index (κ2) is 3.36. The third-order valence-corrected chi connectivity index (χ3v) is 2.51. The van der Waals surface area contributed by atoms with E-state index in [1.165, 1.54) is 6.07 Å². The van der Waals surface area contributed by atoms with Gasteiger partial charge in [0.2, 0.25) is 0 Å².